The number of rotatable bonds is 5. The molecule has 3 aromatic carbocycles. The van der Waals surface area contributed by atoms with Gasteiger partial charge < -0.3 is 10.1 Å². The Labute approximate surface area is 187 Å². The first-order valence-electron chi connectivity index (χ1n) is 10.4. The molecule has 1 amide bonds. The van der Waals surface area contributed by atoms with Gasteiger partial charge in [-0.15, -0.1) is 0 Å². The van der Waals surface area contributed by atoms with Crippen molar-refractivity contribution in [2.24, 2.45) is 0 Å². The number of pyridine rings is 1. The number of hydrogen-bond acceptors (Lipinski definition) is 4. The summed E-state index contributed by atoms with van der Waals surface area (Å²) in [5.74, 6) is -0.926. The first-order chi connectivity index (χ1) is 15.5. The molecule has 0 aliphatic rings. The molecule has 5 nitrogen and oxygen atoms in total. The van der Waals surface area contributed by atoms with E-state index in [1.54, 1.807) is 0 Å². The van der Waals surface area contributed by atoms with Crippen LogP contribution in [0, 0.1) is 20.8 Å². The number of benzene rings is 3. The Bertz CT molecular complexity index is 1290. The summed E-state index contributed by atoms with van der Waals surface area (Å²) >= 11 is 0. The number of aryl methyl sites for hydroxylation is 2. The highest BCUT2D eigenvalue weighted by atomic mass is 16.5. The van der Waals surface area contributed by atoms with E-state index in [0.717, 1.165) is 33.6 Å². The molecule has 0 fully saturated rings. The van der Waals surface area contributed by atoms with Crippen LogP contribution in [0.5, 0.6) is 0 Å². The van der Waals surface area contributed by atoms with E-state index in [1.165, 1.54) is 0 Å². The molecule has 4 aromatic rings. The maximum atomic E-state index is 13.1. The van der Waals surface area contributed by atoms with Gasteiger partial charge >= 0.3 is 5.97 Å². The monoisotopic (exact) mass is 424 g/mol. The minimum Gasteiger partial charge on any atom is -0.452 e. The molecule has 0 aliphatic heterocycles. The van der Waals surface area contributed by atoms with E-state index in [9.17, 15) is 9.59 Å². The normalized spacial score (nSPS) is 10.7. The Morgan fingerprint density at radius 1 is 0.844 bits per heavy atom. The smallest absolute Gasteiger partial charge is 0.339 e. The number of amides is 1. The van der Waals surface area contributed by atoms with Crippen molar-refractivity contribution in [1.82, 2.24) is 4.98 Å². The van der Waals surface area contributed by atoms with Crippen molar-refractivity contribution < 1.29 is 14.3 Å². The number of carbonyl (C=O) groups excluding carboxylic acids is 2. The van der Waals surface area contributed by atoms with Crippen molar-refractivity contribution in [3.8, 4) is 11.3 Å². The lowest BCUT2D eigenvalue weighted by Crippen LogP contribution is -2.22. The molecule has 0 aliphatic carbocycles. The topological polar surface area (TPSA) is 68.3 Å². The van der Waals surface area contributed by atoms with E-state index in [4.69, 9.17) is 9.72 Å². The summed E-state index contributed by atoms with van der Waals surface area (Å²) < 4.78 is 5.44. The van der Waals surface area contributed by atoms with Gasteiger partial charge in [-0.1, -0.05) is 66.7 Å². The zero-order chi connectivity index (χ0) is 22.7. The zero-order valence-corrected chi connectivity index (χ0v) is 18.3. The van der Waals surface area contributed by atoms with Gasteiger partial charge in [-0.25, -0.2) is 9.78 Å². The molecule has 0 bridgehead atoms. The third kappa shape index (κ3) is 4.23. The van der Waals surface area contributed by atoms with Gasteiger partial charge in [0.15, 0.2) is 6.61 Å². The minimum absolute atomic E-state index is 0.372. The Hall–Kier alpha value is -3.99. The van der Waals surface area contributed by atoms with Crippen LogP contribution in [-0.2, 0) is 9.53 Å². The van der Waals surface area contributed by atoms with Gasteiger partial charge in [0.25, 0.3) is 5.91 Å². The fourth-order valence-corrected chi connectivity index (χ4v) is 3.84. The number of ether oxygens (including phenoxy) is 1. The molecule has 0 unspecified atom stereocenters. The second-order valence-corrected chi connectivity index (χ2v) is 7.73. The second-order valence-electron chi connectivity index (χ2n) is 7.73. The molecule has 0 saturated carbocycles. The van der Waals surface area contributed by atoms with Crippen LogP contribution in [0.15, 0.2) is 72.8 Å². The number of carbonyl (C=O) groups is 2. The molecule has 1 heterocycles. The van der Waals surface area contributed by atoms with E-state index in [2.05, 4.69) is 5.32 Å². The number of nitrogens with one attached hydrogen (secondary N) is 1. The maximum Gasteiger partial charge on any atom is 0.339 e. The fourth-order valence-electron chi connectivity index (χ4n) is 3.84. The highest BCUT2D eigenvalue weighted by Crippen LogP contribution is 2.30. The lowest BCUT2D eigenvalue weighted by atomic mass is 9.98. The van der Waals surface area contributed by atoms with Crippen molar-refractivity contribution in [1.29, 1.82) is 0 Å². The third-order valence-corrected chi connectivity index (χ3v) is 5.47. The highest BCUT2D eigenvalue weighted by Gasteiger charge is 2.21. The maximum absolute atomic E-state index is 13.1. The molecule has 160 valence electrons. The molecule has 0 saturated heterocycles. The van der Waals surface area contributed by atoms with Gasteiger partial charge in [-0.05, 0) is 43.5 Å². The molecular formula is C27H24N2O3. The minimum atomic E-state index is -0.546. The van der Waals surface area contributed by atoms with E-state index >= 15 is 0 Å². The fraction of sp³-hybridized carbons (Fsp3) is 0.148. The number of esters is 1. The van der Waals surface area contributed by atoms with Crippen LogP contribution in [0.25, 0.3) is 22.2 Å². The Morgan fingerprint density at radius 2 is 1.50 bits per heavy atom. The Balaban J connectivity index is 1.62. The number of hydrogen-bond donors (Lipinski definition) is 1. The molecule has 0 spiro atoms. The molecule has 4 rings (SSSR count). The van der Waals surface area contributed by atoms with E-state index in [1.807, 2.05) is 93.6 Å². The van der Waals surface area contributed by atoms with E-state index in [-0.39, 0.29) is 12.5 Å². The van der Waals surface area contributed by atoms with Crippen LogP contribution in [0.2, 0.25) is 0 Å². The molecular weight excluding hydrogens is 400 g/mol. The van der Waals surface area contributed by atoms with Crippen LogP contribution in [0.1, 0.15) is 27.0 Å². The van der Waals surface area contributed by atoms with Crippen LogP contribution in [-0.4, -0.2) is 23.5 Å². The summed E-state index contributed by atoms with van der Waals surface area (Å²) in [5.41, 5.74) is 6.12. The summed E-state index contributed by atoms with van der Waals surface area (Å²) in [6, 6.07) is 22.9. The van der Waals surface area contributed by atoms with Crippen LogP contribution in [0.4, 0.5) is 5.69 Å². The average molecular weight is 425 g/mol. The Morgan fingerprint density at radius 3 is 2.22 bits per heavy atom. The number of fused-ring (bicyclic) bond motifs is 1. The molecule has 0 atom stereocenters. The first kappa shape index (κ1) is 21.2. The van der Waals surface area contributed by atoms with Crippen LogP contribution in [0.3, 0.4) is 0 Å². The quantitative estimate of drug-likeness (QED) is 0.422. The standard InChI is InChI=1S/C27H24N2O3/c1-17-10-9-11-18(2)25(17)29-23(30)16-32-27(31)24-19(3)26(20-12-5-4-6-13-20)28-22-15-8-7-14-21(22)24/h4-15H,16H2,1-3H3,(H,29,30). The van der Waals surface area contributed by atoms with E-state index in [0.29, 0.717) is 16.5 Å². The predicted molar refractivity (Wildman–Crippen MR) is 127 cm³/mol. The molecule has 0 radical (unpaired) electrons. The highest BCUT2D eigenvalue weighted by molar-refractivity contribution is 6.07. The van der Waals surface area contributed by atoms with Crippen molar-refractivity contribution in [2.75, 3.05) is 11.9 Å². The lowest BCUT2D eigenvalue weighted by Gasteiger charge is -2.15. The van der Waals surface area contributed by atoms with Crippen molar-refractivity contribution in [2.45, 2.75) is 20.8 Å². The molecule has 1 N–H and O–H groups in total. The van der Waals surface area contributed by atoms with Crippen molar-refractivity contribution in [3.63, 3.8) is 0 Å². The molecule has 32 heavy (non-hydrogen) atoms. The number of aromatic nitrogens is 1. The van der Waals surface area contributed by atoms with Gasteiger partial charge in [0.2, 0.25) is 0 Å². The predicted octanol–water partition coefficient (Wildman–Crippen LogP) is 5.62. The Kier molecular flexibility index (Phi) is 5.99. The summed E-state index contributed by atoms with van der Waals surface area (Å²) in [5, 5.41) is 3.54. The van der Waals surface area contributed by atoms with Gasteiger partial charge in [0.1, 0.15) is 0 Å². The van der Waals surface area contributed by atoms with Gasteiger partial charge in [-0.3, -0.25) is 4.79 Å². The first-order valence-corrected chi connectivity index (χ1v) is 10.4. The lowest BCUT2D eigenvalue weighted by molar-refractivity contribution is -0.119. The summed E-state index contributed by atoms with van der Waals surface area (Å²) in [6.45, 7) is 5.33. The third-order valence-electron chi connectivity index (χ3n) is 5.47. The molecule has 5 heteroatoms. The summed E-state index contributed by atoms with van der Waals surface area (Å²) in [4.78, 5) is 30.4. The largest absolute Gasteiger partial charge is 0.452 e. The SMILES string of the molecule is Cc1cccc(C)c1NC(=O)COC(=O)c1c(C)c(-c2ccccc2)nc2ccccc12. The van der Waals surface area contributed by atoms with Crippen molar-refractivity contribution in [3.05, 3.63) is 95.1 Å². The van der Waals surface area contributed by atoms with E-state index < -0.39 is 5.97 Å². The van der Waals surface area contributed by atoms with Crippen molar-refractivity contribution >= 4 is 28.5 Å². The van der Waals surface area contributed by atoms with Crippen LogP contribution >= 0.6 is 0 Å². The van der Waals surface area contributed by atoms with Gasteiger partial charge in [-0.2, -0.15) is 0 Å². The molecule has 1 aromatic heterocycles. The summed E-state index contributed by atoms with van der Waals surface area (Å²) in [7, 11) is 0. The zero-order valence-electron chi connectivity index (χ0n) is 18.3. The number of para-hydroxylation sites is 2. The second kappa shape index (κ2) is 9.02. The number of anilines is 1. The van der Waals surface area contributed by atoms with Crippen LogP contribution < -0.4 is 5.32 Å². The average Bonchev–Trinajstić information content (AvgIpc) is 2.80. The number of nitrogens with zero attached hydrogens (tertiary/aromatic N) is 1. The van der Waals surface area contributed by atoms with Gasteiger partial charge in [0, 0.05) is 16.6 Å². The summed E-state index contributed by atoms with van der Waals surface area (Å²) in [6.07, 6.45) is 0. The van der Waals surface area contributed by atoms with Gasteiger partial charge in [0.05, 0.1) is 16.8 Å².